The average Bonchev–Trinajstić information content (AvgIpc) is 2.30. The Balaban J connectivity index is 2.92. The molecule has 94 valence electrons. The molecule has 0 aliphatic rings. The topological polar surface area (TPSA) is 59.2 Å². The standard InChI is InChI=1S/C12H18ClN3O/c1-4-5-8(2)16(3)12(17)11-9(13)6-7-10(14)15-11/h6-8H,4-5H2,1-3H3,(H2,14,15). The molecule has 4 nitrogen and oxygen atoms in total. The Kier molecular flexibility index (Phi) is 4.75. The summed E-state index contributed by atoms with van der Waals surface area (Å²) >= 11 is 5.95. The Hall–Kier alpha value is -1.29. The Bertz CT molecular complexity index is 409. The van der Waals surface area contributed by atoms with Crippen molar-refractivity contribution in [2.75, 3.05) is 12.8 Å². The van der Waals surface area contributed by atoms with E-state index in [1.165, 1.54) is 0 Å². The zero-order valence-electron chi connectivity index (χ0n) is 10.4. The van der Waals surface area contributed by atoms with Gasteiger partial charge in [-0.15, -0.1) is 0 Å². The second-order valence-corrected chi connectivity index (χ2v) is 4.53. The highest BCUT2D eigenvalue weighted by atomic mass is 35.5. The van der Waals surface area contributed by atoms with Crippen LogP contribution in [0, 0.1) is 0 Å². The summed E-state index contributed by atoms with van der Waals surface area (Å²) in [7, 11) is 1.75. The van der Waals surface area contributed by atoms with Crippen molar-refractivity contribution in [1.29, 1.82) is 0 Å². The highest BCUT2D eigenvalue weighted by Gasteiger charge is 2.20. The molecule has 1 amide bonds. The molecule has 2 N–H and O–H groups in total. The fourth-order valence-electron chi connectivity index (χ4n) is 1.59. The first kappa shape index (κ1) is 13.8. The number of hydrogen-bond donors (Lipinski definition) is 1. The number of carbonyl (C=O) groups is 1. The molecule has 0 aromatic carbocycles. The summed E-state index contributed by atoms with van der Waals surface area (Å²) in [6.07, 6.45) is 1.97. The number of rotatable bonds is 4. The van der Waals surface area contributed by atoms with Gasteiger partial charge in [-0.25, -0.2) is 4.98 Å². The van der Waals surface area contributed by atoms with Crippen molar-refractivity contribution in [1.82, 2.24) is 9.88 Å². The van der Waals surface area contributed by atoms with Crippen LogP contribution in [0.25, 0.3) is 0 Å². The molecule has 0 bridgehead atoms. The lowest BCUT2D eigenvalue weighted by Gasteiger charge is -2.24. The normalized spacial score (nSPS) is 12.2. The summed E-state index contributed by atoms with van der Waals surface area (Å²) < 4.78 is 0. The maximum atomic E-state index is 12.2. The number of halogens is 1. The van der Waals surface area contributed by atoms with Crippen molar-refractivity contribution in [2.24, 2.45) is 0 Å². The zero-order valence-corrected chi connectivity index (χ0v) is 11.2. The summed E-state index contributed by atoms with van der Waals surface area (Å²) in [4.78, 5) is 17.8. The third-order valence-electron chi connectivity index (χ3n) is 2.76. The Morgan fingerprint density at radius 2 is 2.24 bits per heavy atom. The fourth-order valence-corrected chi connectivity index (χ4v) is 1.77. The predicted molar refractivity (Wildman–Crippen MR) is 70.1 cm³/mol. The highest BCUT2D eigenvalue weighted by molar-refractivity contribution is 6.33. The van der Waals surface area contributed by atoms with Gasteiger partial charge >= 0.3 is 0 Å². The summed E-state index contributed by atoms with van der Waals surface area (Å²) in [5.41, 5.74) is 5.78. The molecule has 1 atom stereocenters. The molecule has 5 heteroatoms. The van der Waals surface area contributed by atoms with Crippen molar-refractivity contribution in [3.8, 4) is 0 Å². The van der Waals surface area contributed by atoms with E-state index in [-0.39, 0.29) is 17.6 Å². The molecule has 0 saturated carbocycles. The van der Waals surface area contributed by atoms with E-state index in [0.29, 0.717) is 10.8 Å². The summed E-state index contributed by atoms with van der Waals surface area (Å²) in [5, 5.41) is 0.333. The van der Waals surface area contributed by atoms with E-state index in [4.69, 9.17) is 17.3 Å². The van der Waals surface area contributed by atoms with Gasteiger partial charge in [0.15, 0.2) is 0 Å². The quantitative estimate of drug-likeness (QED) is 0.900. The SMILES string of the molecule is CCCC(C)N(C)C(=O)c1nc(N)ccc1Cl. The van der Waals surface area contributed by atoms with Gasteiger partial charge in [0.1, 0.15) is 11.5 Å². The van der Waals surface area contributed by atoms with Crippen molar-refractivity contribution >= 4 is 23.3 Å². The first-order valence-electron chi connectivity index (χ1n) is 5.66. The average molecular weight is 256 g/mol. The van der Waals surface area contributed by atoms with Gasteiger partial charge in [0.2, 0.25) is 0 Å². The molecule has 1 aromatic heterocycles. The number of nitrogens with two attached hydrogens (primary N) is 1. The molecule has 0 aliphatic carbocycles. The van der Waals surface area contributed by atoms with Crippen LogP contribution >= 0.6 is 11.6 Å². The maximum Gasteiger partial charge on any atom is 0.274 e. The molecule has 1 unspecified atom stereocenters. The fraction of sp³-hybridized carbons (Fsp3) is 0.500. The Morgan fingerprint density at radius 1 is 1.59 bits per heavy atom. The molecule has 0 radical (unpaired) electrons. The van der Waals surface area contributed by atoms with Gasteiger partial charge in [0.25, 0.3) is 5.91 Å². The van der Waals surface area contributed by atoms with Crippen molar-refractivity contribution < 1.29 is 4.79 Å². The molecule has 0 fully saturated rings. The van der Waals surface area contributed by atoms with Crippen molar-refractivity contribution in [3.05, 3.63) is 22.8 Å². The van der Waals surface area contributed by atoms with E-state index >= 15 is 0 Å². The van der Waals surface area contributed by atoms with Crippen LogP contribution in [0.3, 0.4) is 0 Å². The minimum atomic E-state index is -0.191. The minimum absolute atomic E-state index is 0.159. The van der Waals surface area contributed by atoms with Crippen LogP contribution in [0.1, 0.15) is 37.2 Å². The second-order valence-electron chi connectivity index (χ2n) is 4.12. The van der Waals surface area contributed by atoms with Crippen LogP contribution in [0.2, 0.25) is 5.02 Å². The van der Waals surface area contributed by atoms with Gasteiger partial charge in [-0.1, -0.05) is 24.9 Å². The van der Waals surface area contributed by atoms with Crippen LogP contribution in [0.4, 0.5) is 5.82 Å². The lowest BCUT2D eigenvalue weighted by molar-refractivity contribution is 0.0731. The van der Waals surface area contributed by atoms with Gasteiger partial charge in [-0.3, -0.25) is 4.79 Å². The van der Waals surface area contributed by atoms with E-state index in [1.807, 2.05) is 6.92 Å². The van der Waals surface area contributed by atoms with Crippen LogP contribution in [-0.2, 0) is 0 Å². The molecule has 0 spiro atoms. The van der Waals surface area contributed by atoms with Crippen molar-refractivity contribution in [3.63, 3.8) is 0 Å². The second kappa shape index (κ2) is 5.87. The highest BCUT2D eigenvalue weighted by Crippen LogP contribution is 2.18. The number of anilines is 1. The largest absolute Gasteiger partial charge is 0.384 e. The van der Waals surface area contributed by atoms with E-state index in [9.17, 15) is 4.79 Å². The van der Waals surface area contributed by atoms with Gasteiger partial charge in [0, 0.05) is 13.1 Å². The third kappa shape index (κ3) is 3.33. The molecule has 1 heterocycles. The van der Waals surface area contributed by atoms with Gasteiger partial charge in [-0.05, 0) is 25.5 Å². The van der Waals surface area contributed by atoms with Crippen LogP contribution in [0.5, 0.6) is 0 Å². The van der Waals surface area contributed by atoms with Gasteiger partial charge in [-0.2, -0.15) is 0 Å². The summed E-state index contributed by atoms with van der Waals surface area (Å²) in [6, 6.07) is 3.33. The number of aromatic nitrogens is 1. The molecule has 1 rings (SSSR count). The molecule has 0 aliphatic heterocycles. The molecule has 0 saturated heterocycles. The predicted octanol–water partition coefficient (Wildman–Crippen LogP) is 2.58. The van der Waals surface area contributed by atoms with Crippen molar-refractivity contribution in [2.45, 2.75) is 32.7 Å². The van der Waals surface area contributed by atoms with Crippen LogP contribution in [0.15, 0.2) is 12.1 Å². The third-order valence-corrected chi connectivity index (χ3v) is 3.06. The number of carbonyl (C=O) groups excluding carboxylic acids is 1. The number of nitrogen functional groups attached to an aromatic ring is 1. The number of amides is 1. The summed E-state index contributed by atoms with van der Waals surface area (Å²) in [6.45, 7) is 4.09. The number of nitrogens with zero attached hydrogens (tertiary/aromatic N) is 2. The lowest BCUT2D eigenvalue weighted by Crippen LogP contribution is -2.35. The maximum absolute atomic E-state index is 12.2. The lowest BCUT2D eigenvalue weighted by atomic mass is 10.1. The number of pyridine rings is 1. The van der Waals surface area contributed by atoms with E-state index < -0.39 is 0 Å². The zero-order chi connectivity index (χ0) is 13.0. The number of hydrogen-bond acceptors (Lipinski definition) is 3. The monoisotopic (exact) mass is 255 g/mol. The minimum Gasteiger partial charge on any atom is -0.384 e. The molecule has 17 heavy (non-hydrogen) atoms. The van der Waals surface area contributed by atoms with Crippen LogP contribution in [-0.4, -0.2) is 28.9 Å². The van der Waals surface area contributed by atoms with E-state index in [0.717, 1.165) is 12.8 Å². The van der Waals surface area contributed by atoms with E-state index in [1.54, 1.807) is 24.1 Å². The van der Waals surface area contributed by atoms with Crippen LogP contribution < -0.4 is 5.73 Å². The first-order valence-corrected chi connectivity index (χ1v) is 6.04. The smallest absolute Gasteiger partial charge is 0.274 e. The summed E-state index contributed by atoms with van der Waals surface area (Å²) in [5.74, 6) is 0.109. The Labute approximate surface area is 107 Å². The molecule has 1 aromatic rings. The van der Waals surface area contributed by atoms with Gasteiger partial charge < -0.3 is 10.6 Å². The molecular weight excluding hydrogens is 238 g/mol. The Morgan fingerprint density at radius 3 is 2.82 bits per heavy atom. The van der Waals surface area contributed by atoms with Gasteiger partial charge in [0.05, 0.1) is 5.02 Å². The first-order chi connectivity index (χ1) is 7.97. The van der Waals surface area contributed by atoms with E-state index in [2.05, 4.69) is 11.9 Å². The molecular formula is C12H18ClN3O.